The maximum atomic E-state index is 12.3. The lowest BCUT2D eigenvalue weighted by atomic mass is 10.1. The second kappa shape index (κ2) is 10.2. The molecule has 2 aromatic carbocycles. The summed E-state index contributed by atoms with van der Waals surface area (Å²) in [4.78, 5) is 35.0. The molecule has 0 radical (unpaired) electrons. The number of benzene rings is 2. The summed E-state index contributed by atoms with van der Waals surface area (Å²) in [6, 6.07) is 8.76. The van der Waals surface area contributed by atoms with Crippen molar-refractivity contribution in [2.24, 2.45) is 0 Å². The molecule has 0 atom stereocenters. The molecular formula is C21H23NO7. The van der Waals surface area contributed by atoms with Gasteiger partial charge < -0.3 is 14.2 Å². The zero-order chi connectivity index (χ0) is 21.4. The summed E-state index contributed by atoms with van der Waals surface area (Å²) in [5.41, 5.74) is 0.594. The van der Waals surface area contributed by atoms with E-state index in [1.165, 1.54) is 30.3 Å². The van der Waals surface area contributed by atoms with Crippen LogP contribution in [-0.4, -0.2) is 36.5 Å². The molecule has 2 aromatic rings. The highest BCUT2D eigenvalue weighted by molar-refractivity contribution is 6.00. The van der Waals surface area contributed by atoms with E-state index in [0.717, 1.165) is 6.42 Å². The van der Waals surface area contributed by atoms with E-state index in [0.29, 0.717) is 30.3 Å². The molecule has 0 spiro atoms. The van der Waals surface area contributed by atoms with E-state index in [-0.39, 0.29) is 16.8 Å². The van der Waals surface area contributed by atoms with Gasteiger partial charge in [0.15, 0.2) is 18.1 Å². The van der Waals surface area contributed by atoms with Crippen molar-refractivity contribution < 1.29 is 28.7 Å². The van der Waals surface area contributed by atoms with Crippen molar-refractivity contribution in [3.63, 3.8) is 0 Å². The maximum Gasteiger partial charge on any atom is 0.338 e. The van der Waals surface area contributed by atoms with Crippen LogP contribution in [0.15, 0.2) is 36.4 Å². The average Bonchev–Trinajstić information content (AvgIpc) is 2.71. The Kier molecular flexibility index (Phi) is 7.70. The van der Waals surface area contributed by atoms with Crippen molar-refractivity contribution in [1.29, 1.82) is 0 Å². The molecule has 0 saturated heterocycles. The number of carbonyl (C=O) groups excluding carboxylic acids is 2. The van der Waals surface area contributed by atoms with E-state index in [2.05, 4.69) is 0 Å². The molecule has 29 heavy (non-hydrogen) atoms. The van der Waals surface area contributed by atoms with Gasteiger partial charge in [-0.05, 0) is 38.5 Å². The molecule has 0 fully saturated rings. The molecule has 8 heteroatoms. The maximum absolute atomic E-state index is 12.3. The Labute approximate surface area is 168 Å². The first-order valence-corrected chi connectivity index (χ1v) is 9.22. The Morgan fingerprint density at radius 3 is 2.38 bits per heavy atom. The molecule has 0 aliphatic heterocycles. The first-order chi connectivity index (χ1) is 13.9. The van der Waals surface area contributed by atoms with E-state index in [1.54, 1.807) is 13.0 Å². The second-order valence-electron chi connectivity index (χ2n) is 6.20. The Hall–Kier alpha value is -3.42. The van der Waals surface area contributed by atoms with Crippen molar-refractivity contribution in [3.8, 4) is 11.5 Å². The third-order valence-corrected chi connectivity index (χ3v) is 4.00. The fraction of sp³-hybridized carbons (Fsp3) is 0.333. The summed E-state index contributed by atoms with van der Waals surface area (Å²) in [7, 11) is 0. The van der Waals surface area contributed by atoms with Crippen LogP contribution in [0.1, 0.15) is 46.5 Å². The number of ether oxygens (including phenoxy) is 3. The molecule has 0 aliphatic rings. The smallest absolute Gasteiger partial charge is 0.338 e. The lowest BCUT2D eigenvalue weighted by Gasteiger charge is -2.12. The van der Waals surface area contributed by atoms with Gasteiger partial charge in [0.05, 0.1) is 23.7 Å². The van der Waals surface area contributed by atoms with Gasteiger partial charge in [0.25, 0.3) is 5.69 Å². The predicted molar refractivity (Wildman–Crippen MR) is 106 cm³/mol. The van der Waals surface area contributed by atoms with E-state index in [4.69, 9.17) is 14.2 Å². The van der Waals surface area contributed by atoms with E-state index in [9.17, 15) is 19.7 Å². The van der Waals surface area contributed by atoms with Gasteiger partial charge in [-0.15, -0.1) is 0 Å². The fourth-order valence-corrected chi connectivity index (χ4v) is 2.51. The number of nitro benzene ring substituents is 1. The van der Waals surface area contributed by atoms with Crippen molar-refractivity contribution >= 4 is 17.4 Å². The van der Waals surface area contributed by atoms with Crippen molar-refractivity contribution in [2.45, 2.75) is 27.2 Å². The summed E-state index contributed by atoms with van der Waals surface area (Å²) < 4.78 is 16.2. The molecule has 0 bridgehead atoms. The van der Waals surface area contributed by atoms with Gasteiger partial charge in [-0.25, -0.2) is 4.79 Å². The average molecular weight is 401 g/mol. The minimum absolute atomic E-state index is 0.105. The molecule has 0 aromatic heterocycles. The standard InChI is InChI=1S/C21H23NO7/c1-4-10-28-19-9-8-16(12-20(19)27-5-2)21(24)29-13-18(23)15-7-6-14(3)17(11-15)22(25)26/h6-9,11-12H,4-5,10,13H2,1-3H3. The SMILES string of the molecule is CCCOc1ccc(C(=O)OCC(=O)c2ccc(C)c([N+](=O)[O-])c2)cc1OCC. The van der Waals surface area contributed by atoms with Gasteiger partial charge in [-0.3, -0.25) is 14.9 Å². The van der Waals surface area contributed by atoms with Crippen LogP contribution in [-0.2, 0) is 4.74 Å². The Balaban J connectivity index is 2.08. The fourth-order valence-electron chi connectivity index (χ4n) is 2.51. The number of ketones is 1. The lowest BCUT2D eigenvalue weighted by Crippen LogP contribution is -2.15. The first-order valence-electron chi connectivity index (χ1n) is 9.22. The number of esters is 1. The molecular weight excluding hydrogens is 378 g/mol. The zero-order valence-corrected chi connectivity index (χ0v) is 16.6. The molecule has 0 heterocycles. The summed E-state index contributed by atoms with van der Waals surface area (Å²) in [6.07, 6.45) is 0.828. The van der Waals surface area contributed by atoms with Gasteiger partial charge in [0.1, 0.15) is 0 Å². The first kappa shape index (κ1) is 21.9. The number of carbonyl (C=O) groups is 2. The zero-order valence-electron chi connectivity index (χ0n) is 16.6. The number of aryl methyl sites for hydroxylation is 1. The molecule has 0 N–H and O–H groups in total. The van der Waals surface area contributed by atoms with Gasteiger partial charge >= 0.3 is 5.97 Å². The Bertz CT molecular complexity index is 908. The van der Waals surface area contributed by atoms with Gasteiger partial charge in [0, 0.05) is 17.2 Å². The molecule has 0 aliphatic carbocycles. The summed E-state index contributed by atoms with van der Waals surface area (Å²) in [5.74, 6) is -0.304. The van der Waals surface area contributed by atoms with Crippen LogP contribution >= 0.6 is 0 Å². The number of Topliss-reactive ketones (excluding diaryl/α,β-unsaturated/α-hetero) is 1. The normalized spacial score (nSPS) is 10.3. The van der Waals surface area contributed by atoms with E-state index >= 15 is 0 Å². The molecule has 8 nitrogen and oxygen atoms in total. The molecule has 0 saturated carbocycles. The minimum Gasteiger partial charge on any atom is -0.490 e. The highest BCUT2D eigenvalue weighted by Gasteiger charge is 2.18. The lowest BCUT2D eigenvalue weighted by molar-refractivity contribution is -0.385. The highest BCUT2D eigenvalue weighted by atomic mass is 16.6. The van der Waals surface area contributed by atoms with Crippen molar-refractivity contribution in [3.05, 3.63) is 63.2 Å². The van der Waals surface area contributed by atoms with Crippen molar-refractivity contribution in [1.82, 2.24) is 0 Å². The summed E-state index contributed by atoms with van der Waals surface area (Å²) in [6.45, 7) is 5.75. The van der Waals surface area contributed by atoms with Crippen LogP contribution in [0.3, 0.4) is 0 Å². The predicted octanol–water partition coefficient (Wildman–Crippen LogP) is 4.13. The highest BCUT2D eigenvalue weighted by Crippen LogP contribution is 2.29. The quantitative estimate of drug-likeness (QED) is 0.255. The number of nitrogens with zero attached hydrogens (tertiary/aromatic N) is 1. The monoisotopic (exact) mass is 401 g/mol. The Morgan fingerprint density at radius 2 is 1.72 bits per heavy atom. The largest absolute Gasteiger partial charge is 0.490 e. The van der Waals surface area contributed by atoms with Gasteiger partial charge in [-0.2, -0.15) is 0 Å². The molecule has 2 rings (SSSR count). The van der Waals surface area contributed by atoms with Gasteiger partial charge in [-0.1, -0.05) is 19.1 Å². The number of hydrogen-bond donors (Lipinski definition) is 0. The molecule has 154 valence electrons. The molecule has 0 amide bonds. The molecule has 0 unspecified atom stereocenters. The minimum atomic E-state index is -0.706. The topological polar surface area (TPSA) is 105 Å². The van der Waals surface area contributed by atoms with Gasteiger partial charge in [0.2, 0.25) is 5.78 Å². The van der Waals surface area contributed by atoms with E-state index < -0.39 is 23.3 Å². The summed E-state index contributed by atoms with van der Waals surface area (Å²) in [5, 5.41) is 11.0. The number of hydrogen-bond acceptors (Lipinski definition) is 7. The second-order valence-corrected chi connectivity index (χ2v) is 6.20. The number of rotatable bonds is 10. The third kappa shape index (κ3) is 5.78. The van der Waals surface area contributed by atoms with Crippen LogP contribution < -0.4 is 9.47 Å². The van der Waals surface area contributed by atoms with Crippen LogP contribution in [0.25, 0.3) is 0 Å². The third-order valence-electron chi connectivity index (χ3n) is 4.00. The van der Waals surface area contributed by atoms with Crippen molar-refractivity contribution in [2.75, 3.05) is 19.8 Å². The van der Waals surface area contributed by atoms with E-state index in [1.807, 2.05) is 13.8 Å². The summed E-state index contributed by atoms with van der Waals surface area (Å²) >= 11 is 0. The number of nitro groups is 1. The van der Waals surface area contributed by atoms with Crippen LogP contribution in [0.4, 0.5) is 5.69 Å². The van der Waals surface area contributed by atoms with Crippen LogP contribution in [0, 0.1) is 17.0 Å². The van der Waals surface area contributed by atoms with Crippen LogP contribution in [0.2, 0.25) is 0 Å². The van der Waals surface area contributed by atoms with Crippen LogP contribution in [0.5, 0.6) is 11.5 Å². The Morgan fingerprint density at radius 1 is 1.00 bits per heavy atom.